The fraction of sp³-hybridized carbons (Fsp3) is 0.182. The zero-order chi connectivity index (χ0) is 25.1. The summed E-state index contributed by atoms with van der Waals surface area (Å²) in [6.07, 6.45) is -11.0. The molecular weight excluding hydrogens is 490 g/mol. The van der Waals surface area contributed by atoms with Gasteiger partial charge >= 0.3 is 18.4 Å². The quantitative estimate of drug-likeness (QED) is 0.311. The normalized spacial score (nSPS) is 11.5. The zero-order valence-electron chi connectivity index (χ0n) is 17.1. The second-order valence-corrected chi connectivity index (χ2v) is 7.15. The first kappa shape index (κ1) is 25.0. The maximum absolute atomic E-state index is 12.9. The van der Waals surface area contributed by atoms with E-state index < -0.39 is 41.7 Å². The maximum Gasteiger partial charge on any atom is 0.416 e. The number of carbonyl (C=O) groups excluding carboxylic acids is 1. The number of hydrogen-bond donors (Lipinski definition) is 1. The Morgan fingerprint density at radius 2 is 1.71 bits per heavy atom. The van der Waals surface area contributed by atoms with Gasteiger partial charge in [0.2, 0.25) is 0 Å². The molecule has 2 aromatic carbocycles. The van der Waals surface area contributed by atoms with Crippen LogP contribution >= 0.6 is 11.6 Å². The van der Waals surface area contributed by atoms with Gasteiger partial charge in [-0.2, -0.15) is 26.3 Å². The van der Waals surface area contributed by atoms with E-state index in [2.05, 4.69) is 22.3 Å². The van der Waals surface area contributed by atoms with Crippen LogP contribution in [-0.4, -0.2) is 17.9 Å². The molecule has 34 heavy (non-hydrogen) atoms. The standard InChI is InChI=1S/C22H13ClF6N2O3/c1-12-18(19(31-34-12)16-6-2-3-7-17(16)23)30-20(32)33-8-4-5-13-9-14(21(24,25)26)11-15(10-13)22(27,28)29/h2-3,6-7,9-11H,8H2,1H3,(H,30,32). The van der Waals surface area contributed by atoms with Gasteiger partial charge in [-0.3, -0.25) is 5.32 Å². The van der Waals surface area contributed by atoms with Crippen LogP contribution in [0.2, 0.25) is 5.02 Å². The Kier molecular flexibility index (Phi) is 7.12. The molecule has 0 spiro atoms. The second-order valence-electron chi connectivity index (χ2n) is 6.74. The fourth-order valence-electron chi connectivity index (χ4n) is 2.76. The number of aromatic nitrogens is 1. The number of alkyl halides is 6. The highest BCUT2D eigenvalue weighted by molar-refractivity contribution is 6.33. The van der Waals surface area contributed by atoms with Crippen LogP contribution in [0.25, 0.3) is 11.3 Å². The highest BCUT2D eigenvalue weighted by Crippen LogP contribution is 2.36. The summed E-state index contributed by atoms with van der Waals surface area (Å²) in [4.78, 5) is 12.1. The third-order valence-electron chi connectivity index (χ3n) is 4.31. The van der Waals surface area contributed by atoms with Crippen molar-refractivity contribution in [2.24, 2.45) is 0 Å². The average molecular weight is 503 g/mol. The highest BCUT2D eigenvalue weighted by Gasteiger charge is 2.36. The number of rotatable bonds is 3. The molecule has 178 valence electrons. The fourth-order valence-corrected chi connectivity index (χ4v) is 2.99. The lowest BCUT2D eigenvalue weighted by molar-refractivity contribution is -0.143. The molecule has 0 atom stereocenters. The molecule has 1 amide bonds. The van der Waals surface area contributed by atoms with Crippen molar-refractivity contribution in [3.8, 4) is 23.1 Å². The molecule has 1 N–H and O–H groups in total. The summed E-state index contributed by atoms with van der Waals surface area (Å²) < 4.78 is 87.4. The SMILES string of the molecule is Cc1onc(-c2ccccc2Cl)c1NC(=O)OCC#Cc1cc(C(F)(F)F)cc(C(F)(F)F)c1. The van der Waals surface area contributed by atoms with E-state index in [9.17, 15) is 31.1 Å². The summed E-state index contributed by atoms with van der Waals surface area (Å²) in [5.74, 6) is 4.59. The largest absolute Gasteiger partial charge is 0.436 e. The smallest absolute Gasteiger partial charge is 0.416 e. The number of carbonyl (C=O) groups is 1. The first-order valence-electron chi connectivity index (χ1n) is 9.29. The van der Waals surface area contributed by atoms with E-state index in [0.29, 0.717) is 22.7 Å². The van der Waals surface area contributed by atoms with Gasteiger partial charge in [0.15, 0.2) is 12.4 Å². The van der Waals surface area contributed by atoms with E-state index in [4.69, 9.17) is 20.9 Å². The number of benzene rings is 2. The van der Waals surface area contributed by atoms with Gasteiger partial charge in [0.05, 0.1) is 16.1 Å². The maximum atomic E-state index is 12.9. The highest BCUT2D eigenvalue weighted by atomic mass is 35.5. The molecule has 3 aromatic rings. The van der Waals surface area contributed by atoms with Crippen LogP contribution in [0.15, 0.2) is 47.0 Å². The van der Waals surface area contributed by atoms with Crippen molar-refractivity contribution in [3.63, 3.8) is 0 Å². The van der Waals surface area contributed by atoms with Crippen molar-refractivity contribution in [3.05, 3.63) is 69.9 Å². The van der Waals surface area contributed by atoms with Gasteiger partial charge in [-0.15, -0.1) is 0 Å². The molecule has 0 aliphatic rings. The molecule has 1 aromatic heterocycles. The van der Waals surface area contributed by atoms with Gasteiger partial charge < -0.3 is 9.26 Å². The average Bonchev–Trinajstić information content (AvgIpc) is 3.10. The minimum Gasteiger partial charge on any atom is -0.436 e. The van der Waals surface area contributed by atoms with E-state index in [-0.39, 0.29) is 23.2 Å². The molecule has 0 aliphatic carbocycles. The molecule has 0 fully saturated rings. The Hall–Kier alpha value is -3.65. The van der Waals surface area contributed by atoms with Crippen LogP contribution in [0.4, 0.5) is 36.8 Å². The topological polar surface area (TPSA) is 64.4 Å². The lowest BCUT2D eigenvalue weighted by atomic mass is 10.1. The molecule has 0 bridgehead atoms. The van der Waals surface area contributed by atoms with E-state index in [0.717, 1.165) is 0 Å². The number of aryl methyl sites for hydroxylation is 1. The van der Waals surface area contributed by atoms with Gasteiger partial charge in [-0.1, -0.05) is 46.8 Å². The number of anilines is 1. The lowest BCUT2D eigenvalue weighted by Gasteiger charge is -2.12. The van der Waals surface area contributed by atoms with Gasteiger partial charge in [-0.25, -0.2) is 4.79 Å². The Morgan fingerprint density at radius 3 is 2.29 bits per heavy atom. The summed E-state index contributed by atoms with van der Waals surface area (Å²) in [6, 6.07) is 7.58. The summed E-state index contributed by atoms with van der Waals surface area (Å²) in [6.45, 7) is 0.907. The van der Waals surface area contributed by atoms with Crippen molar-refractivity contribution in [2.75, 3.05) is 11.9 Å². The van der Waals surface area contributed by atoms with Crippen molar-refractivity contribution < 1.29 is 40.4 Å². The number of nitrogens with one attached hydrogen (secondary N) is 1. The predicted octanol–water partition coefficient (Wildman–Crippen LogP) is 6.94. The van der Waals surface area contributed by atoms with E-state index in [1.165, 1.54) is 6.92 Å². The predicted molar refractivity (Wildman–Crippen MR) is 110 cm³/mol. The molecule has 0 saturated carbocycles. The Labute approximate surface area is 193 Å². The number of halogens is 7. The zero-order valence-corrected chi connectivity index (χ0v) is 17.8. The summed E-state index contributed by atoms with van der Waals surface area (Å²) in [5, 5.41) is 6.60. The van der Waals surface area contributed by atoms with E-state index in [1.54, 1.807) is 24.3 Å². The summed E-state index contributed by atoms with van der Waals surface area (Å²) in [7, 11) is 0. The molecule has 12 heteroatoms. The van der Waals surface area contributed by atoms with Gasteiger partial charge in [0, 0.05) is 11.1 Å². The van der Waals surface area contributed by atoms with Crippen LogP contribution < -0.4 is 5.32 Å². The Bertz CT molecular complexity index is 1240. The monoisotopic (exact) mass is 502 g/mol. The molecule has 0 saturated heterocycles. The second kappa shape index (κ2) is 9.69. The first-order valence-corrected chi connectivity index (χ1v) is 9.67. The first-order chi connectivity index (χ1) is 15.9. The van der Waals surface area contributed by atoms with E-state index in [1.807, 2.05) is 0 Å². The Balaban J connectivity index is 1.72. The number of ether oxygens (including phenoxy) is 1. The van der Waals surface area contributed by atoms with Crippen LogP contribution in [-0.2, 0) is 17.1 Å². The number of nitrogens with zero attached hydrogens (tertiary/aromatic N) is 1. The number of amides is 1. The summed E-state index contributed by atoms with van der Waals surface area (Å²) >= 11 is 6.13. The van der Waals surface area contributed by atoms with Gasteiger partial charge in [-0.05, 0) is 31.2 Å². The molecule has 3 rings (SSSR count). The third-order valence-corrected chi connectivity index (χ3v) is 4.64. The van der Waals surface area contributed by atoms with Gasteiger partial charge in [0.25, 0.3) is 0 Å². The molecule has 0 unspecified atom stereocenters. The Morgan fingerprint density at radius 1 is 1.09 bits per heavy atom. The molecular formula is C22H13ClF6N2O3. The molecule has 0 radical (unpaired) electrons. The third kappa shape index (κ3) is 6.02. The van der Waals surface area contributed by atoms with Crippen molar-refractivity contribution in [1.29, 1.82) is 0 Å². The van der Waals surface area contributed by atoms with Crippen LogP contribution in [0.5, 0.6) is 0 Å². The molecule has 0 aliphatic heterocycles. The number of hydrogen-bond acceptors (Lipinski definition) is 4. The van der Waals surface area contributed by atoms with Crippen molar-refractivity contribution in [2.45, 2.75) is 19.3 Å². The molecule has 5 nitrogen and oxygen atoms in total. The summed E-state index contributed by atoms with van der Waals surface area (Å²) in [5.41, 5.74) is -2.67. The van der Waals surface area contributed by atoms with Crippen LogP contribution in [0, 0.1) is 18.8 Å². The molecule has 1 heterocycles. The minimum absolute atomic E-state index is 0.00696. The van der Waals surface area contributed by atoms with Crippen molar-refractivity contribution >= 4 is 23.4 Å². The van der Waals surface area contributed by atoms with Crippen LogP contribution in [0.3, 0.4) is 0 Å². The van der Waals surface area contributed by atoms with Crippen LogP contribution in [0.1, 0.15) is 22.5 Å². The van der Waals surface area contributed by atoms with Gasteiger partial charge in [0.1, 0.15) is 11.4 Å². The van der Waals surface area contributed by atoms with E-state index >= 15 is 0 Å². The lowest BCUT2D eigenvalue weighted by Crippen LogP contribution is -2.14. The van der Waals surface area contributed by atoms with Crippen molar-refractivity contribution in [1.82, 2.24) is 5.16 Å². The minimum atomic E-state index is -5.00.